The first-order chi connectivity index (χ1) is 11.9. The molecule has 1 aromatic heterocycles. The Morgan fingerprint density at radius 1 is 1.20 bits per heavy atom. The monoisotopic (exact) mass is 339 g/mol. The van der Waals surface area contributed by atoms with Crippen LogP contribution in [0.2, 0.25) is 0 Å². The van der Waals surface area contributed by atoms with Crippen molar-refractivity contribution in [2.45, 2.75) is 26.7 Å². The highest BCUT2D eigenvalue weighted by Gasteiger charge is 2.16. The summed E-state index contributed by atoms with van der Waals surface area (Å²) in [4.78, 5) is 15.8. The minimum absolute atomic E-state index is 0.0673. The average molecular weight is 339 g/mol. The number of hydrogen-bond acceptors (Lipinski definition) is 3. The predicted octanol–water partition coefficient (Wildman–Crippen LogP) is 4.20. The number of carbonyl (C=O) groups is 1. The molecule has 0 unspecified atom stereocenters. The van der Waals surface area contributed by atoms with Crippen LogP contribution in [0.5, 0.6) is 0 Å². The topological polar surface area (TPSA) is 68.0 Å². The minimum Gasteiger partial charge on any atom is -0.478 e. The summed E-state index contributed by atoms with van der Waals surface area (Å²) in [5, 5.41) is 13.6. The SMILES string of the molecule is Cc1ccc(-c2cc(C(=O)O)cc(-n3ncnc3C(C)C)c2)c(F)c1. The van der Waals surface area contributed by atoms with Gasteiger partial charge in [0.2, 0.25) is 0 Å². The second kappa shape index (κ2) is 6.47. The molecule has 25 heavy (non-hydrogen) atoms. The maximum atomic E-state index is 14.4. The standard InChI is InChI=1S/C19H18FN3O2/c1-11(2)18-21-10-22-23(18)15-8-13(7-14(9-15)19(24)25)16-5-4-12(3)6-17(16)20/h4-11H,1-3H3,(H,24,25). The van der Waals surface area contributed by atoms with Crippen molar-refractivity contribution in [1.29, 1.82) is 0 Å². The summed E-state index contributed by atoms with van der Waals surface area (Å²) < 4.78 is 16.0. The minimum atomic E-state index is -1.08. The zero-order valence-corrected chi connectivity index (χ0v) is 14.2. The molecule has 1 N–H and O–H groups in total. The van der Waals surface area contributed by atoms with Gasteiger partial charge in [0, 0.05) is 11.5 Å². The van der Waals surface area contributed by atoms with Crippen molar-refractivity contribution in [3.05, 3.63) is 65.5 Å². The molecule has 0 amide bonds. The van der Waals surface area contributed by atoms with Crippen LogP contribution in [-0.2, 0) is 0 Å². The zero-order chi connectivity index (χ0) is 18.1. The van der Waals surface area contributed by atoms with Crippen LogP contribution in [-0.4, -0.2) is 25.8 Å². The van der Waals surface area contributed by atoms with Crippen LogP contribution in [0, 0.1) is 12.7 Å². The summed E-state index contributed by atoms with van der Waals surface area (Å²) in [6.45, 7) is 5.75. The highest BCUT2D eigenvalue weighted by Crippen LogP contribution is 2.28. The van der Waals surface area contributed by atoms with E-state index in [9.17, 15) is 14.3 Å². The largest absolute Gasteiger partial charge is 0.478 e. The number of aryl methyl sites for hydroxylation is 1. The fourth-order valence-corrected chi connectivity index (χ4v) is 2.71. The quantitative estimate of drug-likeness (QED) is 0.773. The number of hydrogen-bond donors (Lipinski definition) is 1. The summed E-state index contributed by atoms with van der Waals surface area (Å²) >= 11 is 0. The van der Waals surface area contributed by atoms with Gasteiger partial charge in [0.05, 0.1) is 11.3 Å². The summed E-state index contributed by atoms with van der Waals surface area (Å²) in [6, 6.07) is 9.57. The van der Waals surface area contributed by atoms with Gasteiger partial charge in [-0.1, -0.05) is 26.0 Å². The molecule has 2 aromatic carbocycles. The number of benzene rings is 2. The molecule has 0 spiro atoms. The summed E-state index contributed by atoms with van der Waals surface area (Å²) in [5.41, 5.74) is 2.24. The van der Waals surface area contributed by atoms with Gasteiger partial charge in [-0.25, -0.2) is 18.9 Å². The number of aromatic carboxylic acids is 1. The van der Waals surface area contributed by atoms with Crippen molar-refractivity contribution < 1.29 is 14.3 Å². The third kappa shape index (κ3) is 3.28. The maximum Gasteiger partial charge on any atom is 0.335 e. The number of halogens is 1. The second-order valence-corrected chi connectivity index (χ2v) is 6.24. The smallest absolute Gasteiger partial charge is 0.335 e. The molecule has 6 heteroatoms. The lowest BCUT2D eigenvalue weighted by Crippen LogP contribution is -2.07. The third-order valence-corrected chi connectivity index (χ3v) is 3.94. The summed E-state index contributed by atoms with van der Waals surface area (Å²) in [6.07, 6.45) is 1.43. The molecule has 3 aromatic rings. The van der Waals surface area contributed by atoms with E-state index in [2.05, 4.69) is 10.1 Å². The van der Waals surface area contributed by atoms with Crippen LogP contribution in [0.25, 0.3) is 16.8 Å². The number of rotatable bonds is 4. The molecule has 0 aliphatic heterocycles. The van der Waals surface area contributed by atoms with E-state index < -0.39 is 11.8 Å². The van der Waals surface area contributed by atoms with Crippen molar-refractivity contribution in [2.75, 3.05) is 0 Å². The van der Waals surface area contributed by atoms with Crippen LogP contribution in [0.4, 0.5) is 4.39 Å². The van der Waals surface area contributed by atoms with Gasteiger partial charge >= 0.3 is 5.97 Å². The van der Waals surface area contributed by atoms with E-state index in [1.54, 1.807) is 29.8 Å². The Hall–Kier alpha value is -3.02. The molecular weight excluding hydrogens is 321 g/mol. The predicted molar refractivity (Wildman–Crippen MR) is 92.5 cm³/mol. The van der Waals surface area contributed by atoms with Crippen molar-refractivity contribution in [3.63, 3.8) is 0 Å². The van der Waals surface area contributed by atoms with Crippen LogP contribution >= 0.6 is 0 Å². The van der Waals surface area contributed by atoms with E-state index in [0.29, 0.717) is 22.6 Å². The van der Waals surface area contributed by atoms with Gasteiger partial charge in [0.1, 0.15) is 18.0 Å². The van der Waals surface area contributed by atoms with Crippen LogP contribution in [0.15, 0.2) is 42.7 Å². The third-order valence-electron chi connectivity index (χ3n) is 3.94. The van der Waals surface area contributed by atoms with Gasteiger partial charge < -0.3 is 5.11 Å². The second-order valence-electron chi connectivity index (χ2n) is 6.24. The van der Waals surface area contributed by atoms with Gasteiger partial charge in [-0.15, -0.1) is 0 Å². The summed E-state index contributed by atoms with van der Waals surface area (Å²) in [5.74, 6) is -0.661. The molecule has 0 atom stereocenters. The lowest BCUT2D eigenvalue weighted by atomic mass is 10.00. The normalized spacial score (nSPS) is 11.1. The van der Waals surface area contributed by atoms with Gasteiger partial charge in [-0.3, -0.25) is 0 Å². The first-order valence-corrected chi connectivity index (χ1v) is 7.92. The number of carboxylic acids is 1. The first-order valence-electron chi connectivity index (χ1n) is 7.92. The molecule has 1 heterocycles. The van der Waals surface area contributed by atoms with Gasteiger partial charge in [0.25, 0.3) is 0 Å². The molecule has 5 nitrogen and oxygen atoms in total. The van der Waals surface area contributed by atoms with Crippen molar-refractivity contribution in [1.82, 2.24) is 14.8 Å². The average Bonchev–Trinajstić information content (AvgIpc) is 3.04. The van der Waals surface area contributed by atoms with Gasteiger partial charge in [0.15, 0.2) is 0 Å². The number of nitrogens with zero attached hydrogens (tertiary/aromatic N) is 3. The van der Waals surface area contributed by atoms with Crippen LogP contribution in [0.1, 0.15) is 41.5 Å². The van der Waals surface area contributed by atoms with E-state index in [-0.39, 0.29) is 11.5 Å². The molecule has 0 radical (unpaired) electrons. The molecule has 0 saturated carbocycles. The Labute approximate surface area is 144 Å². The lowest BCUT2D eigenvalue weighted by molar-refractivity contribution is 0.0697. The van der Waals surface area contributed by atoms with Gasteiger partial charge in [-0.05, 0) is 42.3 Å². The lowest BCUT2D eigenvalue weighted by Gasteiger charge is -2.12. The van der Waals surface area contributed by atoms with Crippen LogP contribution < -0.4 is 0 Å². The fourth-order valence-electron chi connectivity index (χ4n) is 2.71. The molecule has 3 rings (SSSR count). The highest BCUT2D eigenvalue weighted by atomic mass is 19.1. The van der Waals surface area contributed by atoms with E-state index in [0.717, 1.165) is 5.56 Å². The number of carboxylic acid groups (broad SMARTS) is 1. The number of aromatic nitrogens is 3. The molecule has 0 saturated heterocycles. The Kier molecular flexibility index (Phi) is 4.35. The Morgan fingerprint density at radius 3 is 2.60 bits per heavy atom. The molecule has 0 aliphatic rings. The fraction of sp³-hybridized carbons (Fsp3) is 0.211. The Bertz CT molecular complexity index is 948. The Balaban J connectivity index is 2.22. The van der Waals surface area contributed by atoms with Crippen LogP contribution in [0.3, 0.4) is 0 Å². The Morgan fingerprint density at radius 2 is 1.96 bits per heavy atom. The van der Waals surface area contributed by atoms with E-state index in [4.69, 9.17) is 0 Å². The molecule has 0 fully saturated rings. The van der Waals surface area contributed by atoms with E-state index >= 15 is 0 Å². The van der Waals surface area contributed by atoms with Crippen molar-refractivity contribution >= 4 is 5.97 Å². The first kappa shape index (κ1) is 16.8. The molecule has 0 aliphatic carbocycles. The summed E-state index contributed by atoms with van der Waals surface area (Å²) in [7, 11) is 0. The highest BCUT2D eigenvalue weighted by molar-refractivity contribution is 5.90. The molecule has 0 bridgehead atoms. The zero-order valence-electron chi connectivity index (χ0n) is 14.2. The van der Waals surface area contributed by atoms with Crippen molar-refractivity contribution in [3.8, 4) is 16.8 Å². The van der Waals surface area contributed by atoms with E-state index in [1.807, 2.05) is 13.8 Å². The van der Waals surface area contributed by atoms with Crippen molar-refractivity contribution in [2.24, 2.45) is 0 Å². The maximum absolute atomic E-state index is 14.4. The molecular formula is C19H18FN3O2. The van der Waals surface area contributed by atoms with E-state index in [1.165, 1.54) is 24.5 Å². The molecule has 128 valence electrons. The van der Waals surface area contributed by atoms with Gasteiger partial charge in [-0.2, -0.15) is 5.10 Å².